The van der Waals surface area contributed by atoms with Gasteiger partial charge in [-0.05, 0) is 41.8 Å². The van der Waals surface area contributed by atoms with Crippen molar-refractivity contribution in [3.05, 3.63) is 66.2 Å². The van der Waals surface area contributed by atoms with Crippen LogP contribution in [0.25, 0.3) is 11.1 Å². The van der Waals surface area contributed by atoms with E-state index in [2.05, 4.69) is 16.0 Å². The third kappa shape index (κ3) is 4.92. The predicted octanol–water partition coefficient (Wildman–Crippen LogP) is 3.40. The summed E-state index contributed by atoms with van der Waals surface area (Å²) in [5.74, 6) is -0.666. The van der Waals surface area contributed by atoms with Gasteiger partial charge in [0.25, 0.3) is 0 Å². The lowest BCUT2D eigenvalue weighted by Crippen LogP contribution is -2.41. The molecule has 0 spiro atoms. The molecule has 7 heteroatoms. The van der Waals surface area contributed by atoms with Crippen molar-refractivity contribution in [2.45, 2.75) is 17.4 Å². The van der Waals surface area contributed by atoms with Crippen LogP contribution >= 0.6 is 11.6 Å². The summed E-state index contributed by atoms with van der Waals surface area (Å²) in [6.07, 6.45) is 1.59. The number of ether oxygens (including phenoxy) is 1. The Morgan fingerprint density at radius 1 is 1.16 bits per heavy atom. The van der Waals surface area contributed by atoms with Crippen molar-refractivity contribution in [3.63, 3.8) is 0 Å². The molecule has 5 nitrogen and oxygen atoms in total. The van der Waals surface area contributed by atoms with Crippen LogP contribution in [-0.4, -0.2) is 27.5 Å². The molecule has 25 heavy (non-hydrogen) atoms. The second-order valence-electron chi connectivity index (χ2n) is 5.25. The minimum Gasteiger partial charge on any atom is -0.468 e. The molecule has 0 aliphatic rings. The largest absolute Gasteiger partial charge is 0.468 e. The molecule has 1 unspecified atom stereocenters. The maximum atomic E-state index is 12.5. The monoisotopic (exact) mass is 379 g/mol. The highest BCUT2D eigenvalue weighted by Crippen LogP contribution is 2.23. The highest BCUT2D eigenvalue weighted by atomic mass is 35.5. The second-order valence-corrected chi connectivity index (χ2v) is 7.40. The van der Waals surface area contributed by atoms with E-state index in [0.29, 0.717) is 5.02 Å². The Labute approximate surface area is 152 Å². The Bertz CT molecular complexity index is 846. The van der Waals surface area contributed by atoms with Gasteiger partial charge in [-0.3, -0.25) is 4.79 Å². The zero-order valence-corrected chi connectivity index (χ0v) is 15.2. The number of rotatable bonds is 7. The number of benzene rings is 2. The van der Waals surface area contributed by atoms with E-state index in [1.165, 1.54) is 25.3 Å². The van der Waals surface area contributed by atoms with Crippen LogP contribution in [-0.2, 0) is 19.6 Å². The molecule has 0 bridgehead atoms. The Morgan fingerprint density at radius 2 is 1.68 bits per heavy atom. The summed E-state index contributed by atoms with van der Waals surface area (Å²) in [5, 5.41) is 0.628. The smallest absolute Gasteiger partial charge is 0.324 e. The molecule has 0 aromatic heterocycles. The molecule has 1 N–H and O–H groups in total. The molecule has 0 saturated carbocycles. The summed E-state index contributed by atoms with van der Waals surface area (Å²) in [7, 11) is -2.66. The molecular weight excluding hydrogens is 362 g/mol. The molecule has 0 aliphatic carbocycles. The number of hydrogen-bond acceptors (Lipinski definition) is 4. The molecule has 0 radical (unpaired) electrons. The van der Waals surface area contributed by atoms with Crippen molar-refractivity contribution in [1.82, 2.24) is 4.72 Å². The number of esters is 1. The molecule has 2 aromatic carbocycles. The zero-order valence-electron chi connectivity index (χ0n) is 13.6. The molecule has 0 amide bonds. The fraction of sp³-hybridized carbons (Fsp3) is 0.167. The van der Waals surface area contributed by atoms with Gasteiger partial charge in [0.15, 0.2) is 0 Å². The number of hydrogen-bond donors (Lipinski definition) is 1. The van der Waals surface area contributed by atoms with Crippen LogP contribution in [0.3, 0.4) is 0 Å². The first-order valence-corrected chi connectivity index (χ1v) is 9.30. The van der Waals surface area contributed by atoms with E-state index >= 15 is 0 Å². The maximum absolute atomic E-state index is 12.5. The third-order valence-electron chi connectivity index (χ3n) is 3.53. The van der Waals surface area contributed by atoms with Crippen molar-refractivity contribution in [2.75, 3.05) is 7.11 Å². The fourth-order valence-electron chi connectivity index (χ4n) is 2.23. The first-order valence-electron chi connectivity index (χ1n) is 7.44. The SMILES string of the molecule is C=CCC(NS(=O)(=O)c1ccc(-c2ccc(Cl)cc2)cc1)[12C](=O)OC. The Hall–Kier alpha value is -2.15. The minimum atomic E-state index is -3.86. The van der Waals surface area contributed by atoms with E-state index in [1.54, 1.807) is 24.3 Å². The summed E-state index contributed by atoms with van der Waals surface area (Å²) >= 11 is 5.86. The standard InChI is InChI=1S/C18H18ClNO4S/c1-3-4-17(18(21)24-2)20-25(22,23)16-11-7-14(8-12-16)13-5-9-15(19)10-6-13/h3,5-12,17,20H,1,4H2,2H3/i18+0. The van der Waals surface area contributed by atoms with Crippen LogP contribution in [0.5, 0.6) is 0 Å². The lowest BCUT2D eigenvalue weighted by atomic mass is 10.1. The quantitative estimate of drug-likeness (QED) is 0.591. The van der Waals surface area contributed by atoms with E-state index in [-0.39, 0.29) is 11.3 Å². The Kier molecular flexibility index (Phi) is 6.36. The van der Waals surface area contributed by atoms with E-state index in [9.17, 15) is 13.2 Å². The molecular formula is C18H18ClNO4S. The summed E-state index contributed by atoms with van der Waals surface area (Å²) in [4.78, 5) is 11.7. The summed E-state index contributed by atoms with van der Waals surface area (Å²) < 4.78 is 31.9. The molecule has 132 valence electrons. The Morgan fingerprint density at radius 3 is 2.16 bits per heavy atom. The molecule has 0 saturated heterocycles. The normalized spacial score (nSPS) is 12.4. The molecule has 1 atom stereocenters. The van der Waals surface area contributed by atoms with E-state index < -0.39 is 22.0 Å². The van der Waals surface area contributed by atoms with Crippen LogP contribution in [0.1, 0.15) is 6.42 Å². The van der Waals surface area contributed by atoms with Gasteiger partial charge in [-0.15, -0.1) is 6.58 Å². The van der Waals surface area contributed by atoms with Crippen molar-refractivity contribution < 1.29 is 17.9 Å². The zero-order chi connectivity index (χ0) is 18.4. The van der Waals surface area contributed by atoms with Crippen molar-refractivity contribution in [2.24, 2.45) is 0 Å². The molecule has 2 rings (SSSR count). The summed E-state index contributed by atoms with van der Waals surface area (Å²) in [6.45, 7) is 3.52. The number of nitrogens with one attached hydrogen (secondary N) is 1. The van der Waals surface area contributed by atoms with Gasteiger partial charge in [-0.2, -0.15) is 4.72 Å². The summed E-state index contributed by atoms with van der Waals surface area (Å²) in [5.41, 5.74) is 1.77. The minimum absolute atomic E-state index is 0.0585. The second kappa shape index (κ2) is 8.29. The van der Waals surface area contributed by atoms with Crippen LogP contribution < -0.4 is 4.72 Å². The van der Waals surface area contributed by atoms with Gasteiger partial charge in [-0.1, -0.05) is 41.9 Å². The number of methoxy groups -OCH3 is 1. The van der Waals surface area contributed by atoms with E-state index in [0.717, 1.165) is 11.1 Å². The van der Waals surface area contributed by atoms with Gasteiger partial charge >= 0.3 is 5.97 Å². The topological polar surface area (TPSA) is 72.5 Å². The van der Waals surface area contributed by atoms with Crippen LogP contribution in [0.2, 0.25) is 5.02 Å². The molecule has 0 fully saturated rings. The number of carbonyl (C=O) groups is 1. The third-order valence-corrected chi connectivity index (χ3v) is 5.27. The Balaban J connectivity index is 2.23. The van der Waals surface area contributed by atoms with Crippen LogP contribution in [0.4, 0.5) is 0 Å². The average Bonchev–Trinajstić information content (AvgIpc) is 2.61. The maximum Gasteiger partial charge on any atom is 0.324 e. The molecule has 0 aliphatic heterocycles. The van der Waals surface area contributed by atoms with Crippen molar-refractivity contribution in [3.8, 4) is 11.1 Å². The van der Waals surface area contributed by atoms with E-state index in [4.69, 9.17) is 11.6 Å². The fourth-order valence-corrected chi connectivity index (χ4v) is 3.55. The summed E-state index contributed by atoms with van der Waals surface area (Å²) in [6, 6.07) is 12.6. The van der Waals surface area contributed by atoms with Gasteiger partial charge in [-0.25, -0.2) is 8.42 Å². The predicted molar refractivity (Wildman–Crippen MR) is 97.8 cm³/mol. The van der Waals surface area contributed by atoms with Crippen molar-refractivity contribution in [1.29, 1.82) is 0 Å². The van der Waals surface area contributed by atoms with Crippen LogP contribution in [0, 0.1) is 0 Å². The molecule has 2 aromatic rings. The highest BCUT2D eigenvalue weighted by Gasteiger charge is 2.25. The van der Waals surface area contributed by atoms with Gasteiger partial charge in [0.1, 0.15) is 6.04 Å². The van der Waals surface area contributed by atoms with Gasteiger partial charge in [0.2, 0.25) is 10.0 Å². The number of carbonyl (C=O) groups excluding carboxylic acids is 1. The number of halogens is 1. The first-order chi connectivity index (χ1) is 11.9. The van der Waals surface area contributed by atoms with E-state index in [1.807, 2.05) is 12.1 Å². The average molecular weight is 380 g/mol. The first kappa shape index (κ1) is 19.2. The van der Waals surface area contributed by atoms with Gasteiger partial charge in [0.05, 0.1) is 12.0 Å². The van der Waals surface area contributed by atoms with Gasteiger partial charge in [0, 0.05) is 5.02 Å². The molecule has 0 heterocycles. The lowest BCUT2D eigenvalue weighted by Gasteiger charge is -2.15. The van der Waals surface area contributed by atoms with Crippen LogP contribution in [0.15, 0.2) is 66.1 Å². The lowest BCUT2D eigenvalue weighted by molar-refractivity contribution is -0.142. The van der Waals surface area contributed by atoms with Gasteiger partial charge < -0.3 is 4.74 Å². The highest BCUT2D eigenvalue weighted by molar-refractivity contribution is 7.89. The van der Waals surface area contributed by atoms with Crippen molar-refractivity contribution >= 4 is 27.6 Å². The number of sulfonamides is 1.